The Kier molecular flexibility index (Phi) is 13.0. The average Bonchev–Trinajstić information content (AvgIpc) is 3.70. The van der Waals surface area contributed by atoms with Gasteiger partial charge in [0.25, 0.3) is 21.6 Å². The lowest BCUT2D eigenvalue weighted by Crippen LogP contribution is -2.48. The Balaban J connectivity index is 0.916. The number of anilines is 4. The molecular formula is C51H60ClN9O8S. The predicted molar refractivity (Wildman–Crippen MR) is 271 cm³/mol. The highest BCUT2D eigenvalue weighted by molar-refractivity contribution is 7.90. The van der Waals surface area contributed by atoms with Crippen molar-refractivity contribution in [2.24, 2.45) is 5.41 Å². The van der Waals surface area contributed by atoms with Gasteiger partial charge in [-0.15, -0.1) is 0 Å². The average molecular weight is 995 g/mol. The Hall–Kier alpha value is -5.92. The van der Waals surface area contributed by atoms with E-state index in [4.69, 9.17) is 26.1 Å². The quantitative estimate of drug-likeness (QED) is 0.0734. The molecule has 4 N–H and O–H groups in total. The van der Waals surface area contributed by atoms with Crippen molar-refractivity contribution in [2.75, 3.05) is 87.2 Å². The highest BCUT2D eigenvalue weighted by Gasteiger charge is 2.36. The zero-order valence-corrected chi connectivity index (χ0v) is 41.4. The standard InChI is InChI=1S/C51H60ClN9O8S/c1-50(2)13-11-35(41(29-50)33-5-7-36(52)8-6-33)30-58-20-22-59(23-21-58)38-9-10-40(42(26-38)60-17-4-24-68-49-44(60)25-34-12-16-53-47(34)55-49)48(62)56-70(66,67)39-27-43(61(64)65)46-45(28-39)69-32-37(54-46)31-57-18-14-51(3,63)15-19-57/h5-10,12,16,25-28,37,54,63H,4,11,13-15,17-24,29-32H2,1-3H3,(H,53,55)(H,56,62)/t37-/m1/s1. The van der Waals surface area contributed by atoms with Gasteiger partial charge in [-0.2, -0.15) is 4.98 Å². The van der Waals surface area contributed by atoms with E-state index in [1.807, 2.05) is 48.2 Å². The van der Waals surface area contributed by atoms with Crippen molar-refractivity contribution in [3.05, 3.63) is 105 Å². The lowest BCUT2D eigenvalue weighted by molar-refractivity contribution is -0.384. The number of amides is 1. The molecule has 0 spiro atoms. The van der Waals surface area contributed by atoms with Crippen LogP contribution in [-0.4, -0.2) is 128 Å². The summed E-state index contributed by atoms with van der Waals surface area (Å²) in [7, 11) is -4.69. The van der Waals surface area contributed by atoms with Crippen molar-refractivity contribution >= 4 is 72.6 Å². The molecule has 1 aliphatic carbocycles. The third kappa shape index (κ3) is 10.1. The molecule has 5 aliphatic rings. The first-order chi connectivity index (χ1) is 33.5. The lowest BCUT2D eigenvalue weighted by Gasteiger charge is -2.39. The van der Waals surface area contributed by atoms with Crippen LogP contribution in [0.5, 0.6) is 11.6 Å². The van der Waals surface area contributed by atoms with E-state index in [0.29, 0.717) is 75.0 Å². The topological polar surface area (TPSA) is 199 Å². The van der Waals surface area contributed by atoms with Gasteiger partial charge >= 0.3 is 0 Å². The van der Waals surface area contributed by atoms with E-state index < -0.39 is 37.0 Å². The second kappa shape index (κ2) is 19.0. The molecule has 0 radical (unpaired) electrons. The van der Waals surface area contributed by atoms with Gasteiger partial charge in [0.15, 0.2) is 11.4 Å². The smallest absolute Gasteiger partial charge is 0.297 e. The molecule has 0 bridgehead atoms. The summed E-state index contributed by atoms with van der Waals surface area (Å²) in [6.45, 7) is 13.3. The molecule has 370 valence electrons. The maximum atomic E-state index is 14.6. The number of pyridine rings is 1. The summed E-state index contributed by atoms with van der Waals surface area (Å²) in [5.41, 5.74) is 5.87. The number of nitro benzene ring substituents is 1. The second-order valence-electron chi connectivity index (χ2n) is 20.4. The second-order valence-corrected chi connectivity index (χ2v) is 22.6. The lowest BCUT2D eigenvalue weighted by atomic mass is 9.72. The molecule has 19 heteroatoms. The largest absolute Gasteiger partial charge is 0.489 e. The minimum atomic E-state index is -4.69. The van der Waals surface area contributed by atoms with Crippen LogP contribution in [0.1, 0.15) is 75.2 Å². The van der Waals surface area contributed by atoms with Crippen LogP contribution in [0.3, 0.4) is 0 Å². The van der Waals surface area contributed by atoms with Crippen LogP contribution in [-0.2, 0) is 10.0 Å². The molecule has 0 saturated carbocycles. The summed E-state index contributed by atoms with van der Waals surface area (Å²) in [4.78, 5) is 42.7. The number of sulfonamides is 1. The van der Waals surface area contributed by atoms with E-state index >= 15 is 0 Å². The van der Waals surface area contributed by atoms with Crippen LogP contribution in [0.15, 0.2) is 83.4 Å². The summed E-state index contributed by atoms with van der Waals surface area (Å²) in [5, 5.41) is 27.7. The molecule has 2 fully saturated rings. The van der Waals surface area contributed by atoms with Crippen LogP contribution < -0.4 is 29.3 Å². The van der Waals surface area contributed by atoms with Gasteiger partial charge in [0.1, 0.15) is 17.9 Å². The van der Waals surface area contributed by atoms with Gasteiger partial charge in [-0.25, -0.2) is 13.1 Å². The predicted octanol–water partition coefficient (Wildman–Crippen LogP) is 7.97. The summed E-state index contributed by atoms with van der Waals surface area (Å²) >= 11 is 6.28. The monoisotopic (exact) mass is 993 g/mol. The summed E-state index contributed by atoms with van der Waals surface area (Å²) in [6, 6.07) is 19.3. The number of nitrogens with zero attached hydrogens (tertiary/aromatic N) is 6. The zero-order valence-electron chi connectivity index (χ0n) is 39.8. The van der Waals surface area contributed by atoms with Crippen molar-refractivity contribution in [3.63, 3.8) is 0 Å². The fourth-order valence-electron chi connectivity index (χ4n) is 10.5. The van der Waals surface area contributed by atoms with Crippen molar-refractivity contribution < 1.29 is 32.7 Å². The summed E-state index contributed by atoms with van der Waals surface area (Å²) in [6.07, 6.45) is 6.77. The maximum absolute atomic E-state index is 14.6. The summed E-state index contributed by atoms with van der Waals surface area (Å²) in [5.74, 6) is -0.532. The van der Waals surface area contributed by atoms with E-state index in [0.717, 1.165) is 74.1 Å². The molecule has 4 aliphatic heterocycles. The Morgan fingerprint density at radius 1 is 0.943 bits per heavy atom. The molecule has 2 saturated heterocycles. The number of fused-ring (bicyclic) bond motifs is 3. The van der Waals surface area contributed by atoms with E-state index in [1.54, 1.807) is 12.3 Å². The molecule has 5 aromatic rings. The minimum Gasteiger partial charge on any atom is -0.489 e. The van der Waals surface area contributed by atoms with Gasteiger partial charge in [-0.1, -0.05) is 43.2 Å². The third-order valence-electron chi connectivity index (χ3n) is 14.6. The van der Waals surface area contributed by atoms with Crippen molar-refractivity contribution in [3.8, 4) is 11.6 Å². The molecule has 10 rings (SSSR count). The molecule has 6 heterocycles. The third-order valence-corrected chi connectivity index (χ3v) is 16.1. The van der Waals surface area contributed by atoms with Crippen LogP contribution in [0, 0.1) is 15.5 Å². The minimum absolute atomic E-state index is 0.00357. The van der Waals surface area contributed by atoms with Gasteiger partial charge in [-0.3, -0.25) is 19.8 Å². The van der Waals surface area contributed by atoms with Gasteiger partial charge < -0.3 is 39.6 Å². The number of piperazine rings is 1. The van der Waals surface area contributed by atoms with Crippen LogP contribution in [0.4, 0.5) is 28.4 Å². The number of nitrogens with one attached hydrogen (secondary N) is 3. The first kappa shape index (κ1) is 47.7. The Bertz CT molecular complexity index is 2960. The highest BCUT2D eigenvalue weighted by atomic mass is 35.5. The molecule has 0 unspecified atom stereocenters. The van der Waals surface area contributed by atoms with Crippen molar-refractivity contribution in [2.45, 2.75) is 75.8 Å². The van der Waals surface area contributed by atoms with Crippen LogP contribution in [0.25, 0.3) is 16.6 Å². The number of aromatic nitrogens is 2. The molecule has 2 aromatic heterocycles. The number of aliphatic hydroxyl groups is 1. The Morgan fingerprint density at radius 2 is 1.71 bits per heavy atom. The number of hydrogen-bond acceptors (Lipinski definition) is 14. The number of nitro groups is 1. The van der Waals surface area contributed by atoms with E-state index in [1.165, 1.54) is 22.8 Å². The molecule has 1 atom stereocenters. The van der Waals surface area contributed by atoms with E-state index in [2.05, 4.69) is 55.7 Å². The Morgan fingerprint density at radius 3 is 2.47 bits per heavy atom. The Labute approximate surface area is 413 Å². The first-order valence-electron chi connectivity index (χ1n) is 24.2. The van der Waals surface area contributed by atoms with Gasteiger partial charge in [-0.05, 0) is 104 Å². The number of rotatable bonds is 11. The molecule has 70 heavy (non-hydrogen) atoms. The number of carbonyl (C=O) groups excluding carboxylic acids is 1. The van der Waals surface area contributed by atoms with Crippen molar-refractivity contribution in [1.29, 1.82) is 0 Å². The highest BCUT2D eigenvalue weighted by Crippen LogP contribution is 2.45. The number of allylic oxidation sites excluding steroid dienone is 1. The van der Waals surface area contributed by atoms with Crippen LogP contribution in [0.2, 0.25) is 5.02 Å². The number of carbonyl (C=O) groups is 1. The number of benzene rings is 3. The number of halogens is 1. The fourth-order valence-corrected chi connectivity index (χ4v) is 11.6. The maximum Gasteiger partial charge on any atom is 0.297 e. The molecule has 3 aromatic carbocycles. The normalized spacial score (nSPS) is 20.7. The summed E-state index contributed by atoms with van der Waals surface area (Å²) < 4.78 is 42.8. The first-order valence-corrected chi connectivity index (χ1v) is 26.0. The number of hydrogen-bond donors (Lipinski definition) is 4. The molecule has 1 amide bonds. The number of likely N-dealkylation sites (tertiary alicyclic amines) is 1. The zero-order chi connectivity index (χ0) is 49.0. The van der Waals surface area contributed by atoms with E-state index in [-0.39, 0.29) is 35.1 Å². The number of ether oxygens (including phenoxy) is 2. The number of aromatic amines is 1. The van der Waals surface area contributed by atoms with Gasteiger partial charge in [0, 0.05) is 93.3 Å². The molecular weight excluding hydrogens is 934 g/mol. The van der Waals surface area contributed by atoms with Crippen LogP contribution >= 0.6 is 11.6 Å². The molecule has 17 nitrogen and oxygen atoms in total. The fraction of sp³-hybridized carbons (Fsp3) is 0.451. The van der Waals surface area contributed by atoms with Gasteiger partial charge in [0.2, 0.25) is 5.88 Å². The number of H-pyrrole nitrogens is 1. The number of piperidine rings is 1. The SMILES string of the molecule is CC1(C)CCC(CN2CCN(c3ccc(C(=O)NS(=O)(=O)c4cc5c(c([N+](=O)[O-])c4)N[C@H](CN4CCC(C)(O)CC4)CO5)c(N4CCCOc5nc6[nH]ccc6cc54)c3)CC2)=C(c2ccc(Cl)cc2)C1. The van der Waals surface area contributed by atoms with Crippen molar-refractivity contribution in [1.82, 2.24) is 24.5 Å². The van der Waals surface area contributed by atoms with E-state index in [9.17, 15) is 28.4 Å². The van der Waals surface area contributed by atoms with Gasteiger partial charge in [0.05, 0.1) is 39.3 Å².